The summed E-state index contributed by atoms with van der Waals surface area (Å²) in [5, 5.41) is 9.53. The van der Waals surface area contributed by atoms with Gasteiger partial charge in [0.1, 0.15) is 12.0 Å². The van der Waals surface area contributed by atoms with Crippen molar-refractivity contribution in [1.29, 1.82) is 0 Å². The number of amides is 1. The molecule has 190 valence electrons. The van der Waals surface area contributed by atoms with Crippen molar-refractivity contribution in [2.75, 3.05) is 49.6 Å². The van der Waals surface area contributed by atoms with Crippen LogP contribution in [0.5, 0.6) is 0 Å². The van der Waals surface area contributed by atoms with Crippen LogP contribution in [-0.2, 0) is 16.6 Å². The number of carbonyl (C=O) groups is 1. The third kappa shape index (κ3) is 4.14. The average molecular weight is 493 g/mol. The quantitative estimate of drug-likeness (QED) is 0.589. The van der Waals surface area contributed by atoms with E-state index in [-0.39, 0.29) is 24.3 Å². The van der Waals surface area contributed by atoms with Gasteiger partial charge in [-0.15, -0.1) is 0 Å². The molecule has 2 saturated heterocycles. The van der Waals surface area contributed by atoms with E-state index >= 15 is 0 Å². The van der Waals surface area contributed by atoms with Crippen LogP contribution in [0, 0.1) is 12.8 Å². The van der Waals surface area contributed by atoms with Crippen molar-refractivity contribution in [3.63, 3.8) is 0 Å². The van der Waals surface area contributed by atoms with Gasteiger partial charge in [-0.25, -0.2) is 9.37 Å². The van der Waals surface area contributed by atoms with E-state index in [1.165, 1.54) is 11.3 Å². The van der Waals surface area contributed by atoms with Crippen molar-refractivity contribution >= 4 is 28.2 Å². The van der Waals surface area contributed by atoms with Crippen molar-refractivity contribution in [3.8, 4) is 0 Å². The van der Waals surface area contributed by atoms with Crippen molar-refractivity contribution in [2.24, 2.45) is 13.0 Å². The number of rotatable bonds is 5. The number of hydrogen-bond acceptors (Lipinski definition) is 6. The molecule has 0 bridgehead atoms. The Bertz CT molecular complexity index is 1300. The summed E-state index contributed by atoms with van der Waals surface area (Å²) in [6.45, 7) is 8.00. The maximum Gasteiger partial charge on any atom is 0.229 e. The number of aryl methyl sites for hydroxylation is 2. The molecule has 4 unspecified atom stereocenters. The summed E-state index contributed by atoms with van der Waals surface area (Å²) in [6.07, 6.45) is 3.61. The van der Waals surface area contributed by atoms with Gasteiger partial charge in [-0.2, -0.15) is 5.10 Å². The Morgan fingerprint density at radius 2 is 2.00 bits per heavy atom. The van der Waals surface area contributed by atoms with Gasteiger partial charge in [0.15, 0.2) is 0 Å². The van der Waals surface area contributed by atoms with E-state index in [4.69, 9.17) is 4.74 Å². The molecule has 4 atom stereocenters. The number of ether oxygens (including phenoxy) is 1. The summed E-state index contributed by atoms with van der Waals surface area (Å²) in [4.78, 5) is 21.9. The lowest BCUT2D eigenvalue weighted by molar-refractivity contribution is -0.117. The first-order valence-electron chi connectivity index (χ1n) is 12.7. The summed E-state index contributed by atoms with van der Waals surface area (Å²) in [7, 11) is 1.89. The lowest BCUT2D eigenvalue weighted by Crippen LogP contribution is -2.59. The number of carbonyl (C=O) groups excluding carboxylic acids is 1. The van der Waals surface area contributed by atoms with E-state index in [0.29, 0.717) is 12.4 Å². The highest BCUT2D eigenvalue weighted by Crippen LogP contribution is 2.47. The summed E-state index contributed by atoms with van der Waals surface area (Å²) in [5.41, 5.74) is 2.80. The molecule has 9 heteroatoms. The molecule has 8 nitrogen and oxygen atoms in total. The molecule has 0 spiro atoms. The van der Waals surface area contributed by atoms with Crippen LogP contribution >= 0.6 is 0 Å². The van der Waals surface area contributed by atoms with Crippen LogP contribution in [0.2, 0.25) is 0 Å². The fraction of sp³-hybridized carbons (Fsp3) is 0.519. The van der Waals surface area contributed by atoms with Crippen molar-refractivity contribution < 1.29 is 13.9 Å². The normalized spacial score (nSPS) is 28.6. The third-order valence-electron chi connectivity index (χ3n) is 8.21. The van der Waals surface area contributed by atoms with E-state index in [1.54, 1.807) is 4.68 Å². The summed E-state index contributed by atoms with van der Waals surface area (Å²) in [5.74, 6) is 0.696. The Hall–Kier alpha value is -3.04. The van der Waals surface area contributed by atoms with Gasteiger partial charge in [-0.1, -0.05) is 0 Å². The maximum atomic E-state index is 14.5. The summed E-state index contributed by atoms with van der Waals surface area (Å²) >= 11 is 0. The molecule has 1 amide bonds. The lowest BCUT2D eigenvalue weighted by atomic mass is 9.96. The standard InChI is InChI=1S/C27H33FN6O2/c1-17-10-19-14-29-25(30-26(35)21-13-20(21)22-4-5-32(3)31-22)12-18(19)11-23(17)33-6-8-34(9-7-33)27(2)16-36-15-24(27)28/h4-5,10-12,14,20-21,24H,6-9,13,15-16H2,1-3H3,(H,29,30,35). The van der Waals surface area contributed by atoms with E-state index < -0.39 is 11.7 Å². The van der Waals surface area contributed by atoms with Crippen molar-refractivity contribution in [3.05, 3.63) is 47.9 Å². The number of piperazine rings is 1. The monoisotopic (exact) mass is 492 g/mol. The van der Waals surface area contributed by atoms with Crippen LogP contribution in [-0.4, -0.2) is 76.7 Å². The molecule has 2 aromatic heterocycles. The lowest BCUT2D eigenvalue weighted by Gasteiger charge is -2.45. The molecule has 1 N–H and O–H groups in total. The number of nitrogens with zero attached hydrogens (tertiary/aromatic N) is 5. The van der Waals surface area contributed by atoms with Gasteiger partial charge >= 0.3 is 0 Å². The highest BCUT2D eigenvalue weighted by Gasteiger charge is 2.46. The fourth-order valence-corrected chi connectivity index (χ4v) is 5.75. The summed E-state index contributed by atoms with van der Waals surface area (Å²) < 4.78 is 21.7. The number of fused-ring (bicyclic) bond motifs is 1. The van der Waals surface area contributed by atoms with Gasteiger partial charge in [-0.05, 0) is 55.5 Å². The molecule has 6 rings (SSSR count). The zero-order chi connectivity index (χ0) is 25.0. The highest BCUT2D eigenvalue weighted by atomic mass is 19.1. The molecule has 0 radical (unpaired) electrons. The number of pyridine rings is 1. The average Bonchev–Trinajstić information content (AvgIpc) is 3.44. The number of alkyl halides is 1. The van der Waals surface area contributed by atoms with Crippen LogP contribution in [0.1, 0.15) is 30.5 Å². The Kier molecular flexibility index (Phi) is 5.72. The zero-order valence-electron chi connectivity index (χ0n) is 21.1. The van der Waals surface area contributed by atoms with Gasteiger partial charge in [0.05, 0.1) is 24.4 Å². The van der Waals surface area contributed by atoms with Gasteiger partial charge < -0.3 is 15.0 Å². The van der Waals surface area contributed by atoms with Crippen LogP contribution < -0.4 is 10.2 Å². The van der Waals surface area contributed by atoms with Gasteiger partial charge in [0.2, 0.25) is 5.91 Å². The molecule has 3 fully saturated rings. The zero-order valence-corrected chi connectivity index (χ0v) is 21.1. The first kappa shape index (κ1) is 23.4. The highest BCUT2D eigenvalue weighted by molar-refractivity contribution is 5.97. The van der Waals surface area contributed by atoms with Crippen LogP contribution in [0.25, 0.3) is 10.8 Å². The van der Waals surface area contributed by atoms with E-state index in [1.807, 2.05) is 38.5 Å². The molecule has 4 heterocycles. The molecule has 1 aromatic carbocycles. The van der Waals surface area contributed by atoms with Crippen molar-refractivity contribution in [2.45, 2.75) is 37.9 Å². The number of anilines is 2. The molecular formula is C27H33FN6O2. The summed E-state index contributed by atoms with van der Waals surface area (Å²) in [6, 6.07) is 8.27. The number of halogens is 1. The van der Waals surface area contributed by atoms with Crippen LogP contribution in [0.3, 0.4) is 0 Å². The Morgan fingerprint density at radius 1 is 1.19 bits per heavy atom. The largest absolute Gasteiger partial charge is 0.376 e. The molecule has 1 saturated carbocycles. The fourth-order valence-electron chi connectivity index (χ4n) is 5.75. The third-order valence-corrected chi connectivity index (χ3v) is 8.21. The van der Waals surface area contributed by atoms with Gasteiger partial charge in [0, 0.05) is 68.5 Å². The molecular weight excluding hydrogens is 459 g/mol. The molecule has 3 aromatic rings. The van der Waals surface area contributed by atoms with E-state index in [2.05, 4.69) is 44.3 Å². The van der Waals surface area contributed by atoms with Crippen molar-refractivity contribution in [1.82, 2.24) is 19.7 Å². The minimum Gasteiger partial charge on any atom is -0.376 e. The maximum absolute atomic E-state index is 14.5. The minimum atomic E-state index is -0.942. The van der Waals surface area contributed by atoms with Gasteiger partial charge in [-0.3, -0.25) is 14.4 Å². The Labute approximate surface area is 210 Å². The molecule has 3 aliphatic rings. The predicted molar refractivity (Wildman–Crippen MR) is 137 cm³/mol. The number of aromatic nitrogens is 3. The minimum absolute atomic E-state index is 0.00323. The predicted octanol–water partition coefficient (Wildman–Crippen LogP) is 3.27. The second kappa shape index (κ2) is 8.81. The smallest absolute Gasteiger partial charge is 0.229 e. The molecule has 2 aliphatic heterocycles. The van der Waals surface area contributed by atoms with E-state index in [9.17, 15) is 9.18 Å². The van der Waals surface area contributed by atoms with Crippen LogP contribution in [0.4, 0.5) is 15.9 Å². The number of hydrogen-bond donors (Lipinski definition) is 1. The van der Waals surface area contributed by atoms with Crippen LogP contribution in [0.15, 0.2) is 36.7 Å². The topological polar surface area (TPSA) is 75.5 Å². The Balaban J connectivity index is 1.15. The first-order chi connectivity index (χ1) is 17.3. The SMILES string of the molecule is Cc1cc2cnc(NC(=O)C3CC3c3ccn(C)n3)cc2cc1N1CCN(C2(C)COCC2F)CC1. The molecule has 1 aliphatic carbocycles. The first-order valence-corrected chi connectivity index (χ1v) is 12.7. The number of nitrogens with one attached hydrogen (secondary N) is 1. The molecule has 36 heavy (non-hydrogen) atoms. The van der Waals surface area contributed by atoms with E-state index in [0.717, 1.165) is 49.1 Å². The second-order valence-corrected chi connectivity index (χ2v) is 10.7. The number of benzene rings is 1. The Morgan fingerprint density at radius 3 is 2.69 bits per heavy atom. The van der Waals surface area contributed by atoms with Gasteiger partial charge in [0.25, 0.3) is 0 Å². The second-order valence-electron chi connectivity index (χ2n) is 10.7.